The number of aromatic nitrogens is 1. The molecule has 0 amide bonds. The van der Waals surface area contributed by atoms with Gasteiger partial charge in [-0.25, -0.2) is 4.98 Å². The number of aliphatic hydroxyl groups is 1. The number of nitrogens with zero attached hydrogens (tertiary/aromatic N) is 2. The SMILES string of the molecule is CC1CCCC(CO)(Nc2ncc([N+](=O)[O-])cc2Br)C1. The average molecular weight is 344 g/mol. The van der Waals surface area contributed by atoms with E-state index in [1.165, 1.54) is 12.3 Å². The molecule has 2 N–H and O–H groups in total. The molecule has 2 unspecified atom stereocenters. The maximum atomic E-state index is 10.7. The molecule has 1 aromatic heterocycles. The van der Waals surface area contributed by atoms with E-state index in [0.29, 0.717) is 16.2 Å². The quantitative estimate of drug-likeness (QED) is 0.647. The third-order valence-electron chi connectivity index (χ3n) is 3.82. The summed E-state index contributed by atoms with van der Waals surface area (Å²) in [7, 11) is 0. The topological polar surface area (TPSA) is 88.3 Å². The summed E-state index contributed by atoms with van der Waals surface area (Å²) in [5, 5.41) is 23.7. The van der Waals surface area contributed by atoms with Gasteiger partial charge in [-0.3, -0.25) is 10.1 Å². The number of pyridine rings is 1. The second kappa shape index (κ2) is 6.05. The van der Waals surface area contributed by atoms with Crippen LogP contribution in [0.4, 0.5) is 11.5 Å². The van der Waals surface area contributed by atoms with Crippen molar-refractivity contribution in [2.75, 3.05) is 11.9 Å². The Morgan fingerprint density at radius 1 is 1.70 bits per heavy atom. The van der Waals surface area contributed by atoms with Crippen LogP contribution in [0.2, 0.25) is 0 Å². The Hall–Kier alpha value is -1.21. The molecule has 0 radical (unpaired) electrons. The molecule has 0 aliphatic heterocycles. The van der Waals surface area contributed by atoms with Crippen LogP contribution in [0.25, 0.3) is 0 Å². The maximum absolute atomic E-state index is 10.7. The molecule has 7 heteroatoms. The zero-order chi connectivity index (χ0) is 14.8. The zero-order valence-electron chi connectivity index (χ0n) is 11.3. The first-order valence-corrected chi connectivity index (χ1v) is 7.44. The molecule has 6 nitrogen and oxygen atoms in total. The third kappa shape index (κ3) is 3.27. The molecule has 1 fully saturated rings. The lowest BCUT2D eigenvalue weighted by Gasteiger charge is -2.40. The fourth-order valence-electron chi connectivity index (χ4n) is 2.83. The summed E-state index contributed by atoms with van der Waals surface area (Å²) in [5.41, 5.74) is -0.443. The Kier molecular flexibility index (Phi) is 4.59. The molecular formula is C13H18BrN3O3. The van der Waals surface area contributed by atoms with Crippen LogP contribution in [-0.4, -0.2) is 27.2 Å². The van der Waals surface area contributed by atoms with E-state index in [1.807, 2.05) is 0 Å². The van der Waals surface area contributed by atoms with Crippen LogP contribution in [0, 0.1) is 16.0 Å². The molecule has 2 atom stereocenters. The van der Waals surface area contributed by atoms with Crippen LogP contribution < -0.4 is 5.32 Å². The summed E-state index contributed by atoms with van der Waals surface area (Å²) in [6, 6.07) is 1.42. The van der Waals surface area contributed by atoms with Gasteiger partial charge in [-0.15, -0.1) is 0 Å². The Morgan fingerprint density at radius 3 is 3.00 bits per heavy atom. The lowest BCUT2D eigenvalue weighted by atomic mass is 9.77. The van der Waals surface area contributed by atoms with E-state index in [1.54, 1.807) is 0 Å². The van der Waals surface area contributed by atoms with Gasteiger partial charge in [0.05, 0.1) is 21.5 Å². The standard InChI is InChI=1S/C13H18BrN3O3/c1-9-3-2-4-13(6-9,8-18)16-12-11(14)5-10(7-15-12)17(19)20/h5,7,9,18H,2-4,6,8H2,1H3,(H,15,16). The number of hydrogen-bond donors (Lipinski definition) is 2. The smallest absolute Gasteiger partial charge is 0.288 e. The average Bonchev–Trinajstić information content (AvgIpc) is 2.41. The summed E-state index contributed by atoms with van der Waals surface area (Å²) < 4.78 is 0.540. The fraction of sp³-hybridized carbons (Fsp3) is 0.615. The van der Waals surface area contributed by atoms with Gasteiger partial charge in [0.2, 0.25) is 0 Å². The van der Waals surface area contributed by atoms with Gasteiger partial charge in [0.1, 0.15) is 12.0 Å². The molecule has 1 aliphatic carbocycles. The van der Waals surface area contributed by atoms with E-state index in [4.69, 9.17) is 0 Å². The van der Waals surface area contributed by atoms with Crippen LogP contribution in [0.1, 0.15) is 32.6 Å². The van der Waals surface area contributed by atoms with Crippen LogP contribution in [0.5, 0.6) is 0 Å². The molecule has 1 aromatic rings. The third-order valence-corrected chi connectivity index (χ3v) is 4.42. The fourth-order valence-corrected chi connectivity index (χ4v) is 3.26. The monoisotopic (exact) mass is 343 g/mol. The van der Waals surface area contributed by atoms with Crippen LogP contribution in [0.3, 0.4) is 0 Å². The first kappa shape index (κ1) is 15.2. The largest absolute Gasteiger partial charge is 0.394 e. The van der Waals surface area contributed by atoms with Crippen molar-refractivity contribution < 1.29 is 10.0 Å². The number of aliphatic hydroxyl groups excluding tert-OH is 1. The van der Waals surface area contributed by atoms with Gasteiger partial charge in [0.25, 0.3) is 5.69 Å². The van der Waals surface area contributed by atoms with Crippen molar-refractivity contribution in [2.45, 2.75) is 38.1 Å². The number of nitrogens with one attached hydrogen (secondary N) is 1. The molecular weight excluding hydrogens is 326 g/mol. The van der Waals surface area contributed by atoms with Gasteiger partial charge in [-0.05, 0) is 34.7 Å². The molecule has 1 aliphatic rings. The van der Waals surface area contributed by atoms with E-state index in [9.17, 15) is 15.2 Å². The van der Waals surface area contributed by atoms with E-state index < -0.39 is 4.92 Å². The molecule has 2 rings (SSSR count). The highest BCUT2D eigenvalue weighted by atomic mass is 79.9. The number of anilines is 1. The second-order valence-electron chi connectivity index (χ2n) is 5.55. The summed E-state index contributed by atoms with van der Waals surface area (Å²) in [6.07, 6.45) is 5.19. The number of rotatable bonds is 4. The molecule has 1 heterocycles. The lowest BCUT2D eigenvalue weighted by molar-refractivity contribution is -0.385. The lowest BCUT2D eigenvalue weighted by Crippen LogP contribution is -2.46. The van der Waals surface area contributed by atoms with Gasteiger partial charge in [0, 0.05) is 6.07 Å². The summed E-state index contributed by atoms with van der Waals surface area (Å²) in [5.74, 6) is 1.08. The number of halogens is 1. The van der Waals surface area contributed by atoms with Crippen molar-refractivity contribution in [3.8, 4) is 0 Å². The minimum Gasteiger partial charge on any atom is -0.394 e. The Morgan fingerprint density at radius 2 is 2.45 bits per heavy atom. The Balaban J connectivity index is 2.21. The normalized spacial score (nSPS) is 26.2. The van der Waals surface area contributed by atoms with Crippen molar-refractivity contribution in [1.82, 2.24) is 4.98 Å². The van der Waals surface area contributed by atoms with E-state index in [2.05, 4.69) is 33.2 Å². The first-order chi connectivity index (χ1) is 9.46. The van der Waals surface area contributed by atoms with Crippen LogP contribution in [-0.2, 0) is 0 Å². The maximum Gasteiger partial charge on any atom is 0.288 e. The highest BCUT2D eigenvalue weighted by Crippen LogP contribution is 2.36. The summed E-state index contributed by atoms with van der Waals surface area (Å²) in [6.45, 7) is 2.20. The molecule has 0 bridgehead atoms. The van der Waals surface area contributed by atoms with Gasteiger partial charge >= 0.3 is 0 Å². The molecule has 110 valence electrons. The Labute approximate surface area is 125 Å². The van der Waals surface area contributed by atoms with Crippen molar-refractivity contribution in [3.63, 3.8) is 0 Å². The highest BCUT2D eigenvalue weighted by molar-refractivity contribution is 9.10. The molecule has 20 heavy (non-hydrogen) atoms. The molecule has 0 aromatic carbocycles. The molecule has 1 saturated carbocycles. The number of hydrogen-bond acceptors (Lipinski definition) is 5. The van der Waals surface area contributed by atoms with E-state index >= 15 is 0 Å². The summed E-state index contributed by atoms with van der Waals surface area (Å²) in [4.78, 5) is 14.3. The number of nitro groups is 1. The predicted octanol–water partition coefficient (Wildman–Crippen LogP) is 3.11. The van der Waals surface area contributed by atoms with E-state index in [0.717, 1.165) is 25.7 Å². The highest BCUT2D eigenvalue weighted by Gasteiger charge is 2.35. The zero-order valence-corrected chi connectivity index (χ0v) is 12.9. The van der Waals surface area contributed by atoms with Crippen molar-refractivity contribution >= 4 is 27.4 Å². The predicted molar refractivity (Wildman–Crippen MR) is 79.7 cm³/mol. The van der Waals surface area contributed by atoms with Crippen molar-refractivity contribution in [3.05, 3.63) is 26.9 Å². The molecule has 0 saturated heterocycles. The molecule has 0 spiro atoms. The summed E-state index contributed by atoms with van der Waals surface area (Å²) >= 11 is 3.30. The van der Waals surface area contributed by atoms with Gasteiger partial charge in [-0.1, -0.05) is 19.8 Å². The van der Waals surface area contributed by atoms with Gasteiger partial charge in [-0.2, -0.15) is 0 Å². The van der Waals surface area contributed by atoms with E-state index in [-0.39, 0.29) is 17.8 Å². The minimum absolute atomic E-state index is 0.0302. The van der Waals surface area contributed by atoms with Crippen LogP contribution in [0.15, 0.2) is 16.7 Å². The minimum atomic E-state index is -0.480. The van der Waals surface area contributed by atoms with Crippen molar-refractivity contribution in [2.24, 2.45) is 5.92 Å². The van der Waals surface area contributed by atoms with Crippen LogP contribution >= 0.6 is 15.9 Å². The van der Waals surface area contributed by atoms with Gasteiger partial charge < -0.3 is 10.4 Å². The van der Waals surface area contributed by atoms with Crippen molar-refractivity contribution in [1.29, 1.82) is 0 Å². The Bertz CT molecular complexity index is 512. The van der Waals surface area contributed by atoms with Gasteiger partial charge in [0.15, 0.2) is 0 Å². The first-order valence-electron chi connectivity index (χ1n) is 6.65. The second-order valence-corrected chi connectivity index (χ2v) is 6.40.